The Kier molecular flexibility index (Phi) is 3.15. The van der Waals surface area contributed by atoms with E-state index in [1.54, 1.807) is 0 Å². The number of nitrogens with zero attached hydrogens (tertiary/aromatic N) is 1. The number of nitrogens with one attached hydrogen (secondary N) is 2. The van der Waals surface area contributed by atoms with Crippen molar-refractivity contribution in [1.29, 1.82) is 0 Å². The summed E-state index contributed by atoms with van der Waals surface area (Å²) in [5, 5.41) is 3.39. The number of aromatic amines is 1. The van der Waals surface area contributed by atoms with Gasteiger partial charge in [-0.2, -0.15) is 0 Å². The molecule has 0 spiro atoms. The smallest absolute Gasteiger partial charge is 0.109 e. The first kappa shape index (κ1) is 11.5. The molecular weight excluding hydrogens is 222 g/mol. The third kappa shape index (κ3) is 2.31. The first-order chi connectivity index (χ1) is 8.83. The van der Waals surface area contributed by atoms with Crippen molar-refractivity contribution >= 4 is 0 Å². The quantitative estimate of drug-likeness (QED) is 0.848. The maximum absolute atomic E-state index is 4.56. The highest BCUT2D eigenvalue weighted by atomic mass is 14.9. The van der Waals surface area contributed by atoms with Gasteiger partial charge in [0.15, 0.2) is 0 Å². The topological polar surface area (TPSA) is 40.7 Å². The molecule has 3 heteroatoms. The van der Waals surface area contributed by atoms with Crippen molar-refractivity contribution < 1.29 is 0 Å². The fourth-order valence-corrected chi connectivity index (χ4v) is 2.52. The van der Waals surface area contributed by atoms with E-state index in [0.29, 0.717) is 5.92 Å². The Morgan fingerprint density at radius 1 is 1.11 bits per heavy atom. The molecule has 3 nitrogen and oxygen atoms in total. The Morgan fingerprint density at radius 2 is 1.83 bits per heavy atom. The predicted molar refractivity (Wildman–Crippen MR) is 73.6 cm³/mol. The van der Waals surface area contributed by atoms with Gasteiger partial charge in [0, 0.05) is 5.92 Å². The summed E-state index contributed by atoms with van der Waals surface area (Å²) < 4.78 is 0. The van der Waals surface area contributed by atoms with Crippen LogP contribution in [0, 0.1) is 6.92 Å². The molecule has 0 amide bonds. The summed E-state index contributed by atoms with van der Waals surface area (Å²) in [5.41, 5.74) is 3.63. The molecule has 0 unspecified atom stereocenters. The first-order valence-corrected chi connectivity index (χ1v) is 6.65. The molecule has 2 aromatic rings. The number of hydrogen-bond acceptors (Lipinski definition) is 2. The number of piperidine rings is 1. The van der Waals surface area contributed by atoms with Crippen LogP contribution in [0.15, 0.2) is 30.5 Å². The Hall–Kier alpha value is -1.61. The van der Waals surface area contributed by atoms with Gasteiger partial charge in [0.05, 0.1) is 11.9 Å². The van der Waals surface area contributed by atoms with Crippen LogP contribution in [0.25, 0.3) is 11.3 Å². The summed E-state index contributed by atoms with van der Waals surface area (Å²) in [6, 6.07) is 8.57. The number of aryl methyl sites for hydroxylation is 1. The van der Waals surface area contributed by atoms with E-state index >= 15 is 0 Å². The Labute approximate surface area is 108 Å². The average Bonchev–Trinajstić information content (AvgIpc) is 2.90. The van der Waals surface area contributed by atoms with Crippen LogP contribution in [0.3, 0.4) is 0 Å². The van der Waals surface area contributed by atoms with E-state index < -0.39 is 0 Å². The highest BCUT2D eigenvalue weighted by Gasteiger charge is 2.18. The molecule has 1 aliphatic heterocycles. The van der Waals surface area contributed by atoms with E-state index in [2.05, 4.69) is 46.5 Å². The molecule has 3 rings (SSSR count). The minimum Gasteiger partial charge on any atom is -0.342 e. The van der Waals surface area contributed by atoms with Crippen molar-refractivity contribution in [2.45, 2.75) is 25.7 Å². The monoisotopic (exact) mass is 241 g/mol. The van der Waals surface area contributed by atoms with Crippen LogP contribution in [0.1, 0.15) is 30.1 Å². The second-order valence-corrected chi connectivity index (χ2v) is 5.07. The zero-order chi connectivity index (χ0) is 12.4. The summed E-state index contributed by atoms with van der Waals surface area (Å²) in [6.07, 6.45) is 4.32. The second-order valence-electron chi connectivity index (χ2n) is 5.07. The lowest BCUT2D eigenvalue weighted by Gasteiger charge is -2.20. The average molecular weight is 241 g/mol. The molecule has 1 aromatic heterocycles. The fraction of sp³-hybridized carbons (Fsp3) is 0.400. The Morgan fingerprint density at radius 3 is 2.56 bits per heavy atom. The lowest BCUT2D eigenvalue weighted by atomic mass is 9.98. The maximum Gasteiger partial charge on any atom is 0.109 e. The molecule has 0 saturated carbocycles. The molecule has 1 aliphatic rings. The van der Waals surface area contributed by atoms with Crippen LogP contribution in [0.4, 0.5) is 0 Å². The van der Waals surface area contributed by atoms with E-state index in [4.69, 9.17) is 0 Å². The van der Waals surface area contributed by atoms with E-state index in [0.717, 1.165) is 24.6 Å². The number of aromatic nitrogens is 2. The second kappa shape index (κ2) is 4.94. The molecule has 0 radical (unpaired) electrons. The minimum atomic E-state index is 0.588. The Balaban J connectivity index is 1.82. The Bertz CT molecular complexity index is 507. The van der Waals surface area contributed by atoms with Gasteiger partial charge in [-0.05, 0) is 38.4 Å². The number of rotatable bonds is 2. The van der Waals surface area contributed by atoms with Crippen LogP contribution in [0.5, 0.6) is 0 Å². The van der Waals surface area contributed by atoms with E-state index in [9.17, 15) is 0 Å². The molecule has 1 saturated heterocycles. The van der Waals surface area contributed by atoms with E-state index in [-0.39, 0.29) is 0 Å². The summed E-state index contributed by atoms with van der Waals surface area (Å²) >= 11 is 0. The molecule has 2 heterocycles. The maximum atomic E-state index is 4.56. The van der Waals surface area contributed by atoms with Gasteiger partial charge in [-0.1, -0.05) is 29.8 Å². The normalized spacial score (nSPS) is 16.9. The highest BCUT2D eigenvalue weighted by Crippen LogP contribution is 2.25. The van der Waals surface area contributed by atoms with Crippen LogP contribution in [0.2, 0.25) is 0 Å². The number of imidazole rings is 1. The molecule has 0 atom stereocenters. The predicted octanol–water partition coefficient (Wildman–Crippen LogP) is 2.85. The summed E-state index contributed by atoms with van der Waals surface area (Å²) in [4.78, 5) is 8.04. The molecule has 1 fully saturated rings. The summed E-state index contributed by atoms with van der Waals surface area (Å²) in [5.74, 6) is 1.73. The third-order valence-corrected chi connectivity index (χ3v) is 3.68. The lowest BCUT2D eigenvalue weighted by molar-refractivity contribution is 0.447. The standard InChI is InChI=1S/C15H19N3/c1-11-2-4-12(5-3-11)14-10-17-15(18-14)13-6-8-16-9-7-13/h2-5,10,13,16H,6-9H2,1H3,(H,17,18). The van der Waals surface area contributed by atoms with Crippen LogP contribution in [-0.2, 0) is 0 Å². The van der Waals surface area contributed by atoms with Gasteiger partial charge in [-0.15, -0.1) is 0 Å². The van der Waals surface area contributed by atoms with Gasteiger partial charge in [-0.25, -0.2) is 4.98 Å². The van der Waals surface area contributed by atoms with Crippen molar-refractivity contribution in [3.63, 3.8) is 0 Å². The van der Waals surface area contributed by atoms with Crippen molar-refractivity contribution in [3.05, 3.63) is 41.9 Å². The van der Waals surface area contributed by atoms with Crippen molar-refractivity contribution in [2.24, 2.45) is 0 Å². The SMILES string of the molecule is Cc1ccc(-c2cnc(C3CCNCC3)[nH]2)cc1. The van der Waals surface area contributed by atoms with E-state index in [1.165, 1.54) is 24.0 Å². The van der Waals surface area contributed by atoms with Gasteiger partial charge < -0.3 is 10.3 Å². The van der Waals surface area contributed by atoms with Crippen LogP contribution >= 0.6 is 0 Å². The van der Waals surface area contributed by atoms with Crippen molar-refractivity contribution in [3.8, 4) is 11.3 Å². The fourth-order valence-electron chi connectivity index (χ4n) is 2.52. The van der Waals surface area contributed by atoms with Gasteiger partial charge in [0.1, 0.15) is 5.82 Å². The first-order valence-electron chi connectivity index (χ1n) is 6.65. The van der Waals surface area contributed by atoms with Gasteiger partial charge in [0.2, 0.25) is 0 Å². The highest BCUT2D eigenvalue weighted by molar-refractivity contribution is 5.58. The minimum absolute atomic E-state index is 0.588. The molecule has 94 valence electrons. The van der Waals surface area contributed by atoms with Crippen LogP contribution < -0.4 is 5.32 Å². The third-order valence-electron chi connectivity index (χ3n) is 3.68. The summed E-state index contributed by atoms with van der Waals surface area (Å²) in [7, 11) is 0. The van der Waals surface area contributed by atoms with Gasteiger partial charge in [0.25, 0.3) is 0 Å². The zero-order valence-corrected chi connectivity index (χ0v) is 10.7. The van der Waals surface area contributed by atoms with Gasteiger partial charge in [-0.3, -0.25) is 0 Å². The zero-order valence-electron chi connectivity index (χ0n) is 10.7. The molecule has 2 N–H and O–H groups in total. The molecule has 1 aromatic carbocycles. The van der Waals surface area contributed by atoms with Gasteiger partial charge >= 0.3 is 0 Å². The number of hydrogen-bond donors (Lipinski definition) is 2. The van der Waals surface area contributed by atoms with E-state index in [1.807, 2.05) is 6.20 Å². The largest absolute Gasteiger partial charge is 0.342 e. The molecule has 18 heavy (non-hydrogen) atoms. The molecular formula is C15H19N3. The van der Waals surface area contributed by atoms with Crippen LogP contribution in [-0.4, -0.2) is 23.1 Å². The molecule has 0 aliphatic carbocycles. The van der Waals surface area contributed by atoms with Crippen molar-refractivity contribution in [2.75, 3.05) is 13.1 Å². The summed E-state index contributed by atoms with van der Waals surface area (Å²) in [6.45, 7) is 4.31. The number of benzene rings is 1. The number of H-pyrrole nitrogens is 1. The lowest BCUT2D eigenvalue weighted by Crippen LogP contribution is -2.27. The molecule has 0 bridgehead atoms. The van der Waals surface area contributed by atoms with Crippen molar-refractivity contribution in [1.82, 2.24) is 15.3 Å².